The first-order valence-electron chi connectivity index (χ1n) is 24.9. The Kier molecular flexibility index (Phi) is 10.9. The van der Waals surface area contributed by atoms with E-state index in [1.165, 1.54) is 155 Å². The fourth-order valence-corrected chi connectivity index (χ4v) is 14.6. The minimum Gasteiger partial charge on any atom is -0.312 e. The Hall–Kier alpha value is -6.08. The van der Waals surface area contributed by atoms with Gasteiger partial charge in [0, 0.05) is 63.0 Å². The average Bonchev–Trinajstić information content (AvgIpc) is 4.09. The Balaban J connectivity index is 1.03. The third kappa shape index (κ3) is 6.65. The number of fused-ring (bicyclic) bond motifs is 9. The molecule has 20 heteroatoms. The molecule has 0 unspecified atom stereocenters. The van der Waals surface area contributed by atoms with Crippen molar-refractivity contribution >= 4 is 271 Å². The van der Waals surface area contributed by atoms with E-state index in [1.807, 2.05) is 59.1 Å². The number of thiophene rings is 2. The van der Waals surface area contributed by atoms with E-state index in [9.17, 15) is 0 Å². The summed E-state index contributed by atoms with van der Waals surface area (Å²) in [7, 11) is 32.9. The Labute approximate surface area is 435 Å². The number of hydrogen-bond donors (Lipinski definition) is 0. The summed E-state index contributed by atoms with van der Waals surface area (Å²) in [6.45, 7) is 0. The number of aromatic nitrogens is 4. The van der Waals surface area contributed by atoms with E-state index in [4.69, 9.17) is 15.0 Å². The quantitative estimate of drug-likeness (QED) is 0.162. The molecule has 0 amide bonds. The van der Waals surface area contributed by atoms with Gasteiger partial charge in [-0.15, -0.1) is 33.6 Å². The highest BCUT2D eigenvalue weighted by molar-refractivity contribution is 7.28. The molecule has 8 aromatic carbocycles. The Morgan fingerprint density at radius 1 is 0.324 bits per heavy atom. The van der Waals surface area contributed by atoms with Crippen LogP contribution in [0.5, 0.6) is 0 Å². The van der Waals surface area contributed by atoms with E-state index in [2.05, 4.69) is 175 Å². The van der Waals surface area contributed by atoms with Gasteiger partial charge >= 0.3 is 0 Å². The van der Waals surface area contributed by atoms with Gasteiger partial charge in [0.05, 0.1) is 0 Å². The first kappa shape index (κ1) is 46.0. The normalized spacial score (nSPS) is 11.9. The van der Waals surface area contributed by atoms with Crippen LogP contribution in [-0.4, -0.2) is 129 Å². The van der Waals surface area contributed by atoms with E-state index in [1.54, 1.807) is 0 Å². The highest BCUT2D eigenvalue weighted by Crippen LogP contribution is 2.39. The third-order valence-corrected chi connectivity index (χ3v) is 19.4. The zero-order valence-corrected chi connectivity index (χ0v) is 45.0. The van der Waals surface area contributed by atoms with Crippen LogP contribution in [0.3, 0.4) is 0 Å². The molecule has 0 N–H and O–H groups in total. The molecule has 0 aliphatic rings. The van der Waals surface area contributed by atoms with Crippen molar-refractivity contribution in [2.24, 2.45) is 0 Å². The molecular weight excluding hydrogens is 884 g/mol. The highest BCUT2D eigenvalue weighted by Gasteiger charge is 2.28. The first-order chi connectivity index (χ1) is 34.1. The molecule has 12 rings (SSSR count). The fraction of sp³-hybridized carbons (Fsp3) is 0. The van der Waals surface area contributed by atoms with Gasteiger partial charge in [-0.1, -0.05) is 139 Å². The van der Waals surface area contributed by atoms with Crippen LogP contribution < -0.4 is 76.5 Å². The summed E-state index contributed by atoms with van der Waals surface area (Å²) < 4.78 is 7.97. The van der Waals surface area contributed by atoms with Gasteiger partial charge in [0.15, 0.2) is 17.5 Å². The summed E-state index contributed by atoms with van der Waals surface area (Å²) in [5.41, 5.74) is 28.9. The van der Waals surface area contributed by atoms with E-state index in [-0.39, 0.29) is 0 Å². The average molecular weight is 928 g/mol. The number of benzene rings is 8. The molecule has 4 nitrogen and oxygen atoms in total. The lowest BCUT2D eigenvalue weighted by Crippen LogP contribution is -2.49. The van der Waals surface area contributed by atoms with Gasteiger partial charge in [0.25, 0.3) is 0 Å². The number of rotatable bonds is 5. The van der Waals surface area contributed by atoms with Crippen LogP contribution in [0.2, 0.25) is 0 Å². The molecule has 0 atom stereocenters. The van der Waals surface area contributed by atoms with Crippen LogP contribution in [-0.2, 0) is 0 Å². The maximum Gasteiger partial charge on any atom is 0.164 e. The van der Waals surface area contributed by atoms with Crippen molar-refractivity contribution in [2.45, 2.75) is 0 Å². The fourth-order valence-electron chi connectivity index (χ4n) is 12.1. The second-order valence-corrected chi connectivity index (χ2v) is 22.4. The number of hydrogen-bond acceptors (Lipinski definition) is 5. The monoisotopic (exact) mass is 930 g/mol. The van der Waals surface area contributed by atoms with Gasteiger partial charge in [-0.2, -0.15) is 0 Å². The van der Waals surface area contributed by atoms with Crippen molar-refractivity contribution in [1.29, 1.82) is 0 Å². The van der Waals surface area contributed by atoms with Crippen molar-refractivity contribution in [3.8, 4) is 51.0 Å². The molecule has 0 radical (unpaired) electrons. The van der Waals surface area contributed by atoms with Gasteiger partial charge in [-0.25, -0.2) is 15.0 Å². The molecule has 71 heavy (non-hydrogen) atoms. The summed E-state index contributed by atoms with van der Waals surface area (Å²) in [5, 5.41) is 8.18. The van der Waals surface area contributed by atoms with Crippen LogP contribution in [0.1, 0.15) is 0 Å². The van der Waals surface area contributed by atoms with Gasteiger partial charge < -0.3 is 4.57 Å². The maximum atomic E-state index is 5.05. The predicted molar refractivity (Wildman–Crippen MR) is 356 cm³/mol. The lowest BCUT2D eigenvalue weighted by atomic mass is 9.63. The van der Waals surface area contributed by atoms with E-state index in [0.29, 0.717) is 17.5 Å². The smallest absolute Gasteiger partial charge is 0.164 e. The molecule has 0 saturated heterocycles. The molecule has 0 spiro atoms. The molecule has 4 aromatic heterocycles. The molecule has 4 heterocycles. The zero-order chi connectivity index (χ0) is 49.6. The highest BCUT2D eigenvalue weighted by atomic mass is 32.1. The Bertz CT molecular complexity index is 4210. The van der Waals surface area contributed by atoms with E-state index in [0.717, 1.165) is 16.7 Å². The Morgan fingerprint density at radius 3 is 1.34 bits per heavy atom. The van der Waals surface area contributed by atoms with Gasteiger partial charge in [0.2, 0.25) is 0 Å². The predicted octanol–water partition coefficient (Wildman–Crippen LogP) is -10.0. The SMILES string of the molecule is Bc1c(-c2ccc3sc4cc(-c5nc(-c6ccccc6)nc(-c6ccccc6)n5)ccc4c3c2)c(B)c2sc3c(B)c(-n4c5c(B)c(B)c(B)c(B)c5c5c(B)c(B)c(B)c(B)c54)c(B)c(B)c3c2c1B. The summed E-state index contributed by atoms with van der Waals surface area (Å²) in [5.74, 6) is 2.01. The molecule has 0 fully saturated rings. The summed E-state index contributed by atoms with van der Waals surface area (Å²) in [6.07, 6.45) is 0. The molecule has 0 aliphatic carbocycles. The van der Waals surface area contributed by atoms with Gasteiger partial charge in [0.1, 0.15) is 110 Å². The van der Waals surface area contributed by atoms with Crippen molar-refractivity contribution in [3.05, 3.63) is 97.1 Å². The first-order valence-corrected chi connectivity index (χ1v) is 26.5. The van der Waals surface area contributed by atoms with Crippen LogP contribution >= 0.6 is 22.7 Å². The van der Waals surface area contributed by atoms with Crippen molar-refractivity contribution in [1.82, 2.24) is 19.5 Å². The van der Waals surface area contributed by atoms with Crippen molar-refractivity contribution < 1.29 is 0 Å². The molecule has 12 aromatic rings. The standard InChI is InChI=1S/C51H44B14N4S2/c52-30-25(19-12-14-23-22(15-19)21-13-11-20(16-24(21)70-23)51-67-49(17-7-3-1-4-8-17)66-50(68-51)18-9-5-2-6-10-18)35(57)47-28(33(30)55)29-34(56)40(62)46(43(65)48(29)71-47)69-44-26(31(53)36(58)38(60)41(44)63)27-32(54)37(59)39(61)42(64)45(27)69/h1-16H,52-65H2. The van der Waals surface area contributed by atoms with Gasteiger partial charge in [-0.3, -0.25) is 0 Å². The molecule has 0 aliphatic heterocycles. The second kappa shape index (κ2) is 16.7. The van der Waals surface area contributed by atoms with Crippen LogP contribution in [0.4, 0.5) is 0 Å². The largest absolute Gasteiger partial charge is 0.312 e. The second-order valence-electron chi connectivity index (χ2n) is 20.3. The van der Waals surface area contributed by atoms with Gasteiger partial charge in [-0.05, 0) is 56.3 Å². The molecule has 0 bridgehead atoms. The summed E-state index contributed by atoms with van der Waals surface area (Å²) >= 11 is 3.83. The van der Waals surface area contributed by atoms with E-state index >= 15 is 0 Å². The lowest BCUT2D eigenvalue weighted by molar-refractivity contribution is 1.07. The van der Waals surface area contributed by atoms with Crippen LogP contribution in [0.25, 0.3) is 113 Å². The minimum atomic E-state index is 0.668. The third-order valence-electron chi connectivity index (χ3n) is 16.9. The zero-order valence-electron chi connectivity index (χ0n) is 43.3. The molecule has 322 valence electrons. The lowest BCUT2D eigenvalue weighted by Gasteiger charge is -2.23. The van der Waals surface area contributed by atoms with Crippen molar-refractivity contribution in [2.75, 3.05) is 0 Å². The summed E-state index contributed by atoms with van der Waals surface area (Å²) in [6, 6.07) is 34.2. The Morgan fingerprint density at radius 2 is 0.789 bits per heavy atom. The summed E-state index contributed by atoms with van der Waals surface area (Å²) in [4.78, 5) is 15.0. The molecular formula is C51H44B14N4S2. The van der Waals surface area contributed by atoms with E-state index < -0.39 is 0 Å². The van der Waals surface area contributed by atoms with Crippen molar-refractivity contribution in [3.63, 3.8) is 0 Å². The van der Waals surface area contributed by atoms with Crippen LogP contribution in [0.15, 0.2) is 97.1 Å². The molecule has 0 saturated carbocycles. The van der Waals surface area contributed by atoms with Crippen LogP contribution in [0, 0.1) is 0 Å². The maximum absolute atomic E-state index is 5.05. The number of nitrogens with zero attached hydrogens (tertiary/aromatic N) is 4. The topological polar surface area (TPSA) is 43.6 Å². The minimum absolute atomic E-state index is 0.668.